The van der Waals surface area contributed by atoms with E-state index in [4.69, 9.17) is 9.47 Å². The predicted molar refractivity (Wildman–Crippen MR) is 79.0 cm³/mol. The van der Waals surface area contributed by atoms with Crippen LogP contribution >= 0.6 is 0 Å². The van der Waals surface area contributed by atoms with E-state index < -0.39 is 18.1 Å². The molecule has 0 aliphatic carbocycles. The van der Waals surface area contributed by atoms with Crippen molar-refractivity contribution in [3.63, 3.8) is 0 Å². The second-order valence-electron chi connectivity index (χ2n) is 5.38. The normalized spacial score (nSPS) is 16.7. The molecule has 0 unspecified atom stereocenters. The van der Waals surface area contributed by atoms with E-state index in [1.165, 1.54) is 23.1 Å². The molecular weight excluding hydrogens is 327 g/mol. The van der Waals surface area contributed by atoms with Gasteiger partial charge in [0.25, 0.3) is 0 Å². The lowest BCUT2D eigenvalue weighted by atomic mass is 10.1. The first kappa shape index (κ1) is 18.3. The Morgan fingerprint density at radius 1 is 1.38 bits per heavy atom. The van der Waals surface area contributed by atoms with Crippen LogP contribution in [0.4, 0.5) is 13.2 Å². The first-order valence-electron chi connectivity index (χ1n) is 7.25. The minimum atomic E-state index is -4.81. The molecule has 1 aliphatic heterocycles. The summed E-state index contributed by atoms with van der Waals surface area (Å²) in [6, 6.07) is 5.65. The summed E-state index contributed by atoms with van der Waals surface area (Å²) in [4.78, 5) is 13.4. The maximum absolute atomic E-state index is 12.5. The van der Waals surface area contributed by atoms with E-state index >= 15 is 0 Å². The summed E-state index contributed by atoms with van der Waals surface area (Å²) in [6.45, 7) is 5.82. The highest BCUT2D eigenvalue weighted by Crippen LogP contribution is 2.28. The summed E-state index contributed by atoms with van der Waals surface area (Å²) in [5.41, 5.74) is 0.214. The van der Waals surface area contributed by atoms with E-state index in [0.29, 0.717) is 13.2 Å². The third-order valence-electron chi connectivity index (χ3n) is 3.42. The molecule has 2 rings (SSSR count). The average Bonchev–Trinajstić information content (AvgIpc) is 2.93. The standard InChI is InChI=1S/C16H18F3NO4/c1-3-14(21)20(11-15(2)22-8-9-23-15)10-12-6-4-5-7-13(12)24-16(17,18)19/h3-7H,1,8-11H2,2H3. The van der Waals surface area contributed by atoms with Gasteiger partial charge in [0, 0.05) is 12.1 Å². The Morgan fingerprint density at radius 3 is 2.58 bits per heavy atom. The lowest BCUT2D eigenvalue weighted by Crippen LogP contribution is -2.43. The fourth-order valence-electron chi connectivity index (χ4n) is 2.40. The SMILES string of the molecule is C=CC(=O)N(Cc1ccccc1OC(F)(F)F)CC1(C)OCCO1. The highest BCUT2D eigenvalue weighted by Gasteiger charge is 2.35. The second kappa shape index (κ2) is 7.23. The summed E-state index contributed by atoms with van der Waals surface area (Å²) < 4.78 is 52.5. The molecule has 0 radical (unpaired) electrons. The van der Waals surface area contributed by atoms with Crippen LogP contribution in [-0.4, -0.2) is 42.7 Å². The van der Waals surface area contributed by atoms with Gasteiger partial charge in [-0.25, -0.2) is 0 Å². The summed E-state index contributed by atoms with van der Waals surface area (Å²) in [7, 11) is 0. The molecule has 0 saturated carbocycles. The topological polar surface area (TPSA) is 48.0 Å². The van der Waals surface area contributed by atoms with Gasteiger partial charge in [0.05, 0.1) is 19.8 Å². The number of ether oxygens (including phenoxy) is 3. The summed E-state index contributed by atoms with van der Waals surface area (Å²) >= 11 is 0. The number of alkyl halides is 3. The Kier molecular flexibility index (Phi) is 5.51. The van der Waals surface area contributed by atoms with Crippen molar-refractivity contribution in [3.05, 3.63) is 42.5 Å². The number of hydrogen-bond donors (Lipinski definition) is 0. The van der Waals surface area contributed by atoms with Gasteiger partial charge in [-0.2, -0.15) is 0 Å². The average molecular weight is 345 g/mol. The van der Waals surface area contributed by atoms with Crippen molar-refractivity contribution >= 4 is 5.91 Å². The van der Waals surface area contributed by atoms with Crippen molar-refractivity contribution < 1.29 is 32.2 Å². The molecule has 1 heterocycles. The number of benzene rings is 1. The number of hydrogen-bond acceptors (Lipinski definition) is 4. The molecule has 0 N–H and O–H groups in total. The Balaban J connectivity index is 2.20. The van der Waals surface area contributed by atoms with Gasteiger partial charge in [0.2, 0.25) is 5.91 Å². The first-order chi connectivity index (χ1) is 11.2. The van der Waals surface area contributed by atoms with Crippen LogP contribution < -0.4 is 4.74 Å². The maximum Gasteiger partial charge on any atom is 0.573 e. The molecule has 1 aromatic rings. The van der Waals surface area contributed by atoms with Gasteiger partial charge in [-0.15, -0.1) is 13.2 Å². The molecule has 0 atom stereocenters. The van der Waals surface area contributed by atoms with E-state index in [0.717, 1.165) is 6.08 Å². The van der Waals surface area contributed by atoms with E-state index in [1.807, 2.05) is 0 Å². The highest BCUT2D eigenvalue weighted by atomic mass is 19.4. The minimum Gasteiger partial charge on any atom is -0.405 e. The Hall–Kier alpha value is -2.06. The molecule has 0 bridgehead atoms. The molecule has 1 saturated heterocycles. The number of para-hydroxylation sites is 1. The zero-order valence-corrected chi connectivity index (χ0v) is 13.1. The minimum absolute atomic E-state index is 0.0538. The van der Waals surface area contributed by atoms with E-state index in [9.17, 15) is 18.0 Å². The zero-order chi connectivity index (χ0) is 17.8. The number of halogens is 3. The molecule has 1 aromatic carbocycles. The van der Waals surface area contributed by atoms with Crippen LogP contribution in [0.1, 0.15) is 12.5 Å². The Morgan fingerprint density at radius 2 is 2.00 bits per heavy atom. The van der Waals surface area contributed by atoms with Gasteiger partial charge in [0.1, 0.15) is 5.75 Å². The lowest BCUT2D eigenvalue weighted by Gasteiger charge is -2.31. The van der Waals surface area contributed by atoms with Gasteiger partial charge >= 0.3 is 6.36 Å². The van der Waals surface area contributed by atoms with Gasteiger partial charge < -0.3 is 19.1 Å². The van der Waals surface area contributed by atoms with Crippen LogP contribution in [0, 0.1) is 0 Å². The van der Waals surface area contributed by atoms with Crippen LogP contribution in [0.25, 0.3) is 0 Å². The summed E-state index contributed by atoms with van der Waals surface area (Å²) in [6.07, 6.45) is -3.72. The van der Waals surface area contributed by atoms with Gasteiger partial charge in [-0.3, -0.25) is 4.79 Å². The molecule has 8 heteroatoms. The highest BCUT2D eigenvalue weighted by molar-refractivity contribution is 5.87. The van der Waals surface area contributed by atoms with Crippen LogP contribution in [0.2, 0.25) is 0 Å². The number of amides is 1. The van der Waals surface area contributed by atoms with Gasteiger partial charge in [-0.1, -0.05) is 24.8 Å². The molecule has 24 heavy (non-hydrogen) atoms. The number of carbonyl (C=O) groups is 1. The van der Waals surface area contributed by atoms with Crippen molar-refractivity contribution in [1.82, 2.24) is 4.90 Å². The third-order valence-corrected chi connectivity index (χ3v) is 3.42. The van der Waals surface area contributed by atoms with Crippen LogP contribution in [-0.2, 0) is 20.8 Å². The quantitative estimate of drug-likeness (QED) is 0.744. The van der Waals surface area contributed by atoms with Gasteiger partial charge in [0.15, 0.2) is 5.79 Å². The molecule has 132 valence electrons. The molecule has 1 amide bonds. The zero-order valence-electron chi connectivity index (χ0n) is 13.1. The Bertz CT molecular complexity index is 597. The fourth-order valence-corrected chi connectivity index (χ4v) is 2.40. The maximum atomic E-state index is 12.5. The molecule has 1 fully saturated rings. The van der Waals surface area contributed by atoms with Crippen LogP contribution in [0.3, 0.4) is 0 Å². The smallest absolute Gasteiger partial charge is 0.405 e. The largest absolute Gasteiger partial charge is 0.573 e. The monoisotopic (exact) mass is 345 g/mol. The van der Waals surface area contributed by atoms with Crippen molar-refractivity contribution in [2.24, 2.45) is 0 Å². The summed E-state index contributed by atoms with van der Waals surface area (Å²) in [5.74, 6) is -1.80. The van der Waals surface area contributed by atoms with E-state index in [-0.39, 0.29) is 24.4 Å². The van der Waals surface area contributed by atoms with E-state index in [2.05, 4.69) is 11.3 Å². The van der Waals surface area contributed by atoms with E-state index in [1.54, 1.807) is 13.0 Å². The third kappa shape index (κ3) is 4.97. The number of rotatable bonds is 6. The lowest BCUT2D eigenvalue weighted by molar-refractivity contribution is -0.275. The number of carbonyl (C=O) groups excluding carboxylic acids is 1. The molecule has 0 spiro atoms. The molecule has 0 aromatic heterocycles. The second-order valence-corrected chi connectivity index (χ2v) is 5.38. The molecule has 5 nitrogen and oxygen atoms in total. The predicted octanol–water partition coefficient (Wildman–Crippen LogP) is 2.86. The Labute approximate surface area is 137 Å². The molecular formula is C16H18F3NO4. The first-order valence-corrected chi connectivity index (χ1v) is 7.25. The van der Waals surface area contributed by atoms with Crippen molar-refractivity contribution in [3.8, 4) is 5.75 Å². The number of nitrogens with zero attached hydrogens (tertiary/aromatic N) is 1. The van der Waals surface area contributed by atoms with Crippen LogP contribution in [0.15, 0.2) is 36.9 Å². The van der Waals surface area contributed by atoms with Crippen molar-refractivity contribution in [1.29, 1.82) is 0 Å². The van der Waals surface area contributed by atoms with Crippen LogP contribution in [0.5, 0.6) is 5.75 Å². The molecule has 1 aliphatic rings. The van der Waals surface area contributed by atoms with Crippen molar-refractivity contribution in [2.45, 2.75) is 25.6 Å². The van der Waals surface area contributed by atoms with Crippen molar-refractivity contribution in [2.75, 3.05) is 19.8 Å². The summed E-state index contributed by atoms with van der Waals surface area (Å²) in [5, 5.41) is 0. The fraction of sp³-hybridized carbons (Fsp3) is 0.438. The van der Waals surface area contributed by atoms with Gasteiger partial charge in [-0.05, 0) is 19.1 Å².